The molecule has 0 aliphatic rings. The Labute approximate surface area is 159 Å². The number of ether oxygens (including phenoxy) is 1. The molecule has 9 heteroatoms. The van der Waals surface area contributed by atoms with Gasteiger partial charge >= 0.3 is 11.6 Å². The number of para-hydroxylation sites is 1. The predicted octanol–water partition coefficient (Wildman–Crippen LogP) is 5.45. The summed E-state index contributed by atoms with van der Waals surface area (Å²) in [6.07, 6.45) is 1.21. The molecule has 0 bridgehead atoms. The van der Waals surface area contributed by atoms with E-state index in [0.29, 0.717) is 11.4 Å². The molecular formula is C16H10Br2N4O3. The number of benzene rings is 2. The second kappa shape index (κ2) is 7.58. The van der Waals surface area contributed by atoms with Crippen molar-refractivity contribution >= 4 is 49.1 Å². The van der Waals surface area contributed by atoms with Gasteiger partial charge < -0.3 is 10.1 Å². The molecule has 1 N–H and O–H groups in total. The zero-order chi connectivity index (χ0) is 17.8. The number of halogens is 2. The summed E-state index contributed by atoms with van der Waals surface area (Å²) in [5, 5.41) is 14.5. The molecule has 0 unspecified atom stereocenters. The lowest BCUT2D eigenvalue weighted by Gasteiger charge is -2.10. The van der Waals surface area contributed by atoms with Crippen molar-refractivity contribution < 1.29 is 9.66 Å². The fourth-order valence-electron chi connectivity index (χ4n) is 2.00. The number of aromatic nitrogens is 2. The third kappa shape index (κ3) is 4.12. The van der Waals surface area contributed by atoms with Crippen LogP contribution in [-0.2, 0) is 0 Å². The quantitative estimate of drug-likeness (QED) is 0.398. The third-order valence-corrected chi connectivity index (χ3v) is 4.35. The molecule has 0 atom stereocenters. The lowest BCUT2D eigenvalue weighted by atomic mass is 10.3. The van der Waals surface area contributed by atoms with E-state index in [9.17, 15) is 10.1 Å². The highest BCUT2D eigenvalue weighted by molar-refractivity contribution is 9.10. The maximum absolute atomic E-state index is 11.5. The summed E-state index contributed by atoms with van der Waals surface area (Å²) in [6.45, 7) is 0. The standard InChI is InChI=1S/C16H10Br2N4O3/c17-10-5-7-11(8-6-10)25-16-14(22(23)24)15(19-9-20-16)21-13-4-2-1-3-12(13)18/h1-9H,(H,19,20,21). The van der Waals surface area contributed by atoms with Crippen LogP contribution in [0.25, 0.3) is 0 Å². The van der Waals surface area contributed by atoms with Crippen LogP contribution in [0, 0.1) is 10.1 Å². The molecule has 1 heterocycles. The molecule has 7 nitrogen and oxygen atoms in total. The van der Waals surface area contributed by atoms with Crippen molar-refractivity contribution in [1.82, 2.24) is 9.97 Å². The van der Waals surface area contributed by atoms with Crippen LogP contribution >= 0.6 is 31.9 Å². The Bertz CT molecular complexity index is 920. The molecule has 0 aliphatic heterocycles. The molecule has 1 aromatic heterocycles. The second-order valence-electron chi connectivity index (χ2n) is 4.79. The maximum atomic E-state index is 11.5. The van der Waals surface area contributed by atoms with Gasteiger partial charge in [-0.25, -0.2) is 4.98 Å². The molecule has 0 aliphatic carbocycles. The molecule has 0 spiro atoms. The topological polar surface area (TPSA) is 90.2 Å². The van der Waals surface area contributed by atoms with Gasteiger partial charge in [0.05, 0.1) is 10.6 Å². The minimum atomic E-state index is -0.576. The van der Waals surface area contributed by atoms with Gasteiger partial charge in [-0.15, -0.1) is 0 Å². The molecule has 0 fully saturated rings. The maximum Gasteiger partial charge on any atom is 0.373 e. The van der Waals surface area contributed by atoms with E-state index >= 15 is 0 Å². The zero-order valence-electron chi connectivity index (χ0n) is 12.5. The Morgan fingerprint density at radius 1 is 1.04 bits per heavy atom. The molecule has 25 heavy (non-hydrogen) atoms. The minimum absolute atomic E-state index is 0.0408. The van der Waals surface area contributed by atoms with Crippen LogP contribution in [0.3, 0.4) is 0 Å². The van der Waals surface area contributed by atoms with Gasteiger partial charge in [0.15, 0.2) is 0 Å². The summed E-state index contributed by atoms with van der Waals surface area (Å²) in [4.78, 5) is 18.9. The van der Waals surface area contributed by atoms with Gasteiger partial charge in [-0.2, -0.15) is 4.98 Å². The second-order valence-corrected chi connectivity index (χ2v) is 6.56. The van der Waals surface area contributed by atoms with Gasteiger partial charge in [-0.05, 0) is 52.3 Å². The Morgan fingerprint density at radius 2 is 1.76 bits per heavy atom. The van der Waals surface area contributed by atoms with Crippen molar-refractivity contribution in [2.75, 3.05) is 5.32 Å². The average Bonchev–Trinajstić information content (AvgIpc) is 2.59. The molecule has 0 saturated carbocycles. The third-order valence-electron chi connectivity index (χ3n) is 3.13. The smallest absolute Gasteiger partial charge is 0.373 e. The highest BCUT2D eigenvalue weighted by Gasteiger charge is 2.25. The van der Waals surface area contributed by atoms with Crippen molar-refractivity contribution in [2.45, 2.75) is 0 Å². The van der Waals surface area contributed by atoms with E-state index < -0.39 is 4.92 Å². The fraction of sp³-hybridized carbons (Fsp3) is 0. The van der Waals surface area contributed by atoms with Crippen LogP contribution in [-0.4, -0.2) is 14.9 Å². The van der Waals surface area contributed by atoms with E-state index in [-0.39, 0.29) is 17.4 Å². The Hall–Kier alpha value is -2.52. The van der Waals surface area contributed by atoms with E-state index in [1.54, 1.807) is 36.4 Å². The summed E-state index contributed by atoms with van der Waals surface area (Å²) >= 11 is 6.70. The SMILES string of the molecule is O=[N+]([O-])c1c(Nc2ccccc2Br)ncnc1Oc1ccc(Br)cc1. The van der Waals surface area contributed by atoms with E-state index in [0.717, 1.165) is 8.95 Å². The lowest BCUT2D eigenvalue weighted by Crippen LogP contribution is -2.03. The summed E-state index contributed by atoms with van der Waals surface area (Å²) in [5.41, 5.74) is 0.292. The van der Waals surface area contributed by atoms with E-state index in [1.165, 1.54) is 6.33 Å². The van der Waals surface area contributed by atoms with E-state index in [2.05, 4.69) is 47.1 Å². The summed E-state index contributed by atoms with van der Waals surface area (Å²) in [6, 6.07) is 14.1. The van der Waals surface area contributed by atoms with Gasteiger partial charge in [0.25, 0.3) is 0 Å². The number of rotatable bonds is 5. The molecule has 3 aromatic rings. The highest BCUT2D eigenvalue weighted by atomic mass is 79.9. The largest absolute Gasteiger partial charge is 0.434 e. The Kier molecular flexibility index (Phi) is 5.25. The number of nitrogens with zero attached hydrogens (tertiary/aromatic N) is 3. The van der Waals surface area contributed by atoms with E-state index in [1.807, 2.05) is 12.1 Å². The van der Waals surface area contributed by atoms with Gasteiger partial charge in [0, 0.05) is 8.95 Å². The van der Waals surface area contributed by atoms with Crippen LogP contribution in [0.5, 0.6) is 11.6 Å². The first-order chi connectivity index (χ1) is 12.0. The molecule has 2 aromatic carbocycles. The first kappa shape index (κ1) is 17.3. The average molecular weight is 466 g/mol. The van der Waals surface area contributed by atoms with Crippen molar-refractivity contribution in [3.8, 4) is 11.6 Å². The minimum Gasteiger partial charge on any atom is -0.434 e. The zero-order valence-corrected chi connectivity index (χ0v) is 15.7. The first-order valence-electron chi connectivity index (χ1n) is 6.99. The number of hydrogen-bond acceptors (Lipinski definition) is 6. The van der Waals surface area contributed by atoms with Crippen molar-refractivity contribution in [2.24, 2.45) is 0 Å². The van der Waals surface area contributed by atoms with E-state index in [4.69, 9.17) is 4.74 Å². The van der Waals surface area contributed by atoms with Gasteiger partial charge in [0.1, 0.15) is 12.1 Å². The summed E-state index contributed by atoms with van der Waals surface area (Å²) in [5.74, 6) is 0.327. The molecule has 0 radical (unpaired) electrons. The van der Waals surface area contributed by atoms with Crippen LogP contribution in [0.4, 0.5) is 17.2 Å². The highest BCUT2D eigenvalue weighted by Crippen LogP contribution is 2.36. The fourth-order valence-corrected chi connectivity index (χ4v) is 2.65. The molecule has 0 saturated heterocycles. The monoisotopic (exact) mass is 464 g/mol. The Balaban J connectivity index is 1.98. The number of nitrogens with one attached hydrogen (secondary N) is 1. The number of hydrogen-bond donors (Lipinski definition) is 1. The van der Waals surface area contributed by atoms with Gasteiger partial charge in [0.2, 0.25) is 5.82 Å². The Morgan fingerprint density at radius 3 is 2.44 bits per heavy atom. The first-order valence-corrected chi connectivity index (χ1v) is 8.57. The predicted molar refractivity (Wildman–Crippen MR) is 100 cm³/mol. The normalized spacial score (nSPS) is 10.3. The van der Waals surface area contributed by atoms with Gasteiger partial charge in [-0.3, -0.25) is 10.1 Å². The van der Waals surface area contributed by atoms with Crippen LogP contribution in [0.1, 0.15) is 0 Å². The number of nitro groups is 1. The molecule has 126 valence electrons. The molecular weight excluding hydrogens is 456 g/mol. The lowest BCUT2D eigenvalue weighted by molar-refractivity contribution is -0.385. The molecule has 0 amide bonds. The summed E-state index contributed by atoms with van der Waals surface area (Å²) in [7, 11) is 0. The van der Waals surface area contributed by atoms with Crippen molar-refractivity contribution in [1.29, 1.82) is 0 Å². The van der Waals surface area contributed by atoms with Crippen LogP contribution in [0.2, 0.25) is 0 Å². The van der Waals surface area contributed by atoms with Gasteiger partial charge in [-0.1, -0.05) is 28.1 Å². The number of anilines is 2. The summed E-state index contributed by atoms with van der Waals surface area (Å²) < 4.78 is 7.19. The van der Waals surface area contributed by atoms with Crippen molar-refractivity contribution in [3.63, 3.8) is 0 Å². The van der Waals surface area contributed by atoms with Crippen LogP contribution in [0.15, 0.2) is 63.8 Å². The van der Waals surface area contributed by atoms with Crippen LogP contribution < -0.4 is 10.1 Å². The molecule has 3 rings (SSSR count). The van der Waals surface area contributed by atoms with Crippen molar-refractivity contribution in [3.05, 3.63) is 73.9 Å².